The van der Waals surface area contributed by atoms with Crippen LogP contribution in [0.4, 0.5) is 14.5 Å². The van der Waals surface area contributed by atoms with Crippen LogP contribution in [0.2, 0.25) is 5.02 Å². The number of nitrogens with zero attached hydrogens (tertiary/aromatic N) is 1. The van der Waals surface area contributed by atoms with Crippen LogP contribution in [0.25, 0.3) is 0 Å². The SMILES string of the molecule is O=C(C[N+]1(C(=O)c2cccc(F)c2F)CC2(CCNCC2)c2cc(Cl)ccc21)c1ccccc1. The molecule has 0 aromatic heterocycles. The van der Waals surface area contributed by atoms with Gasteiger partial charge >= 0.3 is 5.91 Å². The highest BCUT2D eigenvalue weighted by Gasteiger charge is 2.58. The van der Waals surface area contributed by atoms with Crippen LogP contribution in [-0.2, 0) is 5.41 Å². The van der Waals surface area contributed by atoms with Crippen molar-refractivity contribution in [3.8, 4) is 0 Å². The fourth-order valence-corrected chi connectivity index (χ4v) is 5.75. The summed E-state index contributed by atoms with van der Waals surface area (Å²) >= 11 is 6.38. The fourth-order valence-electron chi connectivity index (χ4n) is 5.58. The molecule has 1 amide bonds. The Morgan fingerprint density at radius 3 is 2.44 bits per heavy atom. The summed E-state index contributed by atoms with van der Waals surface area (Å²) in [4.78, 5) is 27.6. The second-order valence-corrected chi connectivity index (χ2v) is 9.61. The van der Waals surface area contributed by atoms with Gasteiger partial charge in [-0.1, -0.05) is 48.0 Å². The Kier molecular flexibility index (Phi) is 5.84. The second kappa shape index (κ2) is 8.69. The minimum Gasteiger partial charge on any atom is -0.317 e. The zero-order chi connectivity index (χ0) is 23.9. The summed E-state index contributed by atoms with van der Waals surface area (Å²) in [6, 6.07) is 17.6. The maximum atomic E-state index is 14.9. The highest BCUT2D eigenvalue weighted by molar-refractivity contribution is 6.30. The molecule has 1 fully saturated rings. The average molecular weight is 482 g/mol. The third-order valence-electron chi connectivity index (χ3n) is 7.20. The van der Waals surface area contributed by atoms with E-state index >= 15 is 0 Å². The smallest absolute Gasteiger partial charge is 0.317 e. The van der Waals surface area contributed by atoms with Crippen molar-refractivity contribution in [2.24, 2.45) is 0 Å². The molecule has 1 saturated heterocycles. The lowest BCUT2D eigenvalue weighted by atomic mass is 9.75. The summed E-state index contributed by atoms with van der Waals surface area (Å²) in [5, 5.41) is 3.89. The number of halogens is 3. The van der Waals surface area contributed by atoms with Gasteiger partial charge in [-0.05, 0) is 50.2 Å². The number of nitrogens with one attached hydrogen (secondary N) is 1. The van der Waals surface area contributed by atoms with Gasteiger partial charge in [0.1, 0.15) is 17.8 Å². The number of rotatable bonds is 4. The number of fused-ring (bicyclic) bond motifs is 2. The molecular formula is C27H24ClF2N2O2+. The molecule has 174 valence electrons. The quantitative estimate of drug-likeness (QED) is 0.407. The van der Waals surface area contributed by atoms with Crippen LogP contribution < -0.4 is 9.80 Å². The predicted molar refractivity (Wildman–Crippen MR) is 128 cm³/mol. The van der Waals surface area contributed by atoms with Gasteiger partial charge in [0.15, 0.2) is 18.2 Å². The highest BCUT2D eigenvalue weighted by atomic mass is 35.5. The van der Waals surface area contributed by atoms with Crippen LogP contribution >= 0.6 is 11.6 Å². The molecule has 5 rings (SSSR count). The molecule has 0 radical (unpaired) electrons. The standard InChI is InChI=1S/C27H24ClF2N2O2/c28-19-9-10-23-21(15-19)27(11-13-31-14-12-27)17-32(23,16-24(33)18-5-2-1-3-6-18)26(34)20-7-4-8-22(29)25(20)30/h1-10,15,31H,11-14,16-17H2/q+1. The lowest BCUT2D eigenvalue weighted by Crippen LogP contribution is -2.59. The van der Waals surface area contributed by atoms with E-state index in [0.29, 0.717) is 16.3 Å². The monoisotopic (exact) mass is 481 g/mol. The zero-order valence-corrected chi connectivity index (χ0v) is 19.2. The molecule has 3 aromatic rings. The first-order valence-corrected chi connectivity index (χ1v) is 11.7. The Morgan fingerprint density at radius 2 is 1.71 bits per heavy atom. The number of piperidine rings is 1. The largest absolute Gasteiger partial charge is 0.354 e. The van der Waals surface area contributed by atoms with E-state index in [4.69, 9.17) is 11.6 Å². The van der Waals surface area contributed by atoms with Crippen LogP contribution in [-0.4, -0.2) is 37.9 Å². The molecule has 4 nitrogen and oxygen atoms in total. The molecule has 1 unspecified atom stereocenters. The van der Waals surface area contributed by atoms with Crippen LogP contribution in [0.15, 0.2) is 66.7 Å². The zero-order valence-electron chi connectivity index (χ0n) is 18.5. The summed E-state index contributed by atoms with van der Waals surface area (Å²) < 4.78 is 28.6. The molecule has 0 aliphatic carbocycles. The molecule has 3 aromatic carbocycles. The van der Waals surface area contributed by atoms with Crippen molar-refractivity contribution in [3.63, 3.8) is 0 Å². The Balaban J connectivity index is 1.71. The third kappa shape index (κ3) is 3.66. The van der Waals surface area contributed by atoms with E-state index in [2.05, 4.69) is 5.32 Å². The van der Waals surface area contributed by atoms with Crippen LogP contribution in [0.3, 0.4) is 0 Å². The average Bonchev–Trinajstić information content (AvgIpc) is 3.10. The Morgan fingerprint density at radius 1 is 0.971 bits per heavy atom. The maximum Gasteiger partial charge on any atom is 0.354 e. The number of Topliss-reactive ketones (excluding diaryl/α,β-unsaturated/α-hetero) is 1. The molecule has 1 spiro atoms. The first-order chi connectivity index (χ1) is 16.4. The van der Waals surface area contributed by atoms with Crippen molar-refractivity contribution in [1.82, 2.24) is 9.80 Å². The lowest BCUT2D eigenvalue weighted by molar-refractivity contribution is 0.0691. The van der Waals surface area contributed by atoms with Gasteiger partial charge in [0.05, 0.1) is 5.41 Å². The molecular weight excluding hydrogens is 458 g/mol. The molecule has 2 aliphatic rings. The van der Waals surface area contributed by atoms with E-state index < -0.39 is 27.4 Å². The molecule has 0 bridgehead atoms. The van der Waals surface area contributed by atoms with E-state index in [-0.39, 0.29) is 24.4 Å². The van der Waals surface area contributed by atoms with Crippen LogP contribution in [0.5, 0.6) is 0 Å². The van der Waals surface area contributed by atoms with Gasteiger partial charge in [0.2, 0.25) is 5.78 Å². The van der Waals surface area contributed by atoms with Crippen molar-refractivity contribution in [3.05, 3.63) is 100 Å². The number of hydrogen-bond donors (Lipinski definition) is 1. The first-order valence-electron chi connectivity index (χ1n) is 11.3. The third-order valence-corrected chi connectivity index (χ3v) is 7.44. The molecule has 34 heavy (non-hydrogen) atoms. The molecule has 2 aliphatic heterocycles. The van der Waals surface area contributed by atoms with Crippen LogP contribution in [0.1, 0.15) is 39.1 Å². The molecule has 7 heteroatoms. The minimum atomic E-state index is -1.20. The summed E-state index contributed by atoms with van der Waals surface area (Å²) in [5.74, 6) is -3.15. The molecule has 0 saturated carbocycles. The molecule has 2 heterocycles. The number of carbonyl (C=O) groups excluding carboxylic acids is 2. The van der Waals surface area contributed by atoms with Gasteiger partial charge in [-0.15, -0.1) is 0 Å². The van der Waals surface area contributed by atoms with Gasteiger partial charge in [0.25, 0.3) is 0 Å². The number of ketones is 1. The topological polar surface area (TPSA) is 46.2 Å². The number of quaternary nitrogens is 1. The van der Waals surface area contributed by atoms with Crippen molar-refractivity contribution in [1.29, 1.82) is 0 Å². The van der Waals surface area contributed by atoms with Gasteiger partial charge in [-0.2, -0.15) is 0 Å². The Labute approximate surface area is 201 Å². The highest BCUT2D eigenvalue weighted by Crippen LogP contribution is 2.51. The summed E-state index contributed by atoms with van der Waals surface area (Å²) in [6.45, 7) is 1.60. The first kappa shape index (κ1) is 22.8. The molecule has 1 atom stereocenters. The van der Waals surface area contributed by atoms with E-state index in [1.807, 2.05) is 12.1 Å². The fraction of sp³-hybridized carbons (Fsp3) is 0.259. The van der Waals surface area contributed by atoms with Gasteiger partial charge in [0, 0.05) is 22.2 Å². The number of hydrogen-bond acceptors (Lipinski definition) is 3. The maximum absolute atomic E-state index is 14.9. The minimum absolute atomic E-state index is 0.192. The van der Waals surface area contributed by atoms with E-state index in [1.165, 1.54) is 12.1 Å². The van der Waals surface area contributed by atoms with E-state index in [1.54, 1.807) is 36.4 Å². The second-order valence-electron chi connectivity index (χ2n) is 9.17. The van der Waals surface area contributed by atoms with E-state index in [0.717, 1.165) is 37.6 Å². The summed E-state index contributed by atoms with van der Waals surface area (Å²) in [5.41, 5.74) is 1.25. The lowest BCUT2D eigenvalue weighted by Gasteiger charge is -2.37. The van der Waals surface area contributed by atoms with Gasteiger partial charge < -0.3 is 5.32 Å². The number of benzene rings is 3. The summed E-state index contributed by atoms with van der Waals surface area (Å²) in [7, 11) is 0. The normalized spacial score (nSPS) is 20.8. The van der Waals surface area contributed by atoms with Crippen LogP contribution in [0, 0.1) is 11.6 Å². The number of amides is 1. The van der Waals surface area contributed by atoms with Gasteiger partial charge in [-0.25, -0.2) is 18.1 Å². The van der Waals surface area contributed by atoms with Gasteiger partial charge in [-0.3, -0.25) is 4.79 Å². The predicted octanol–water partition coefficient (Wildman–Crippen LogP) is 5.28. The number of carbonyl (C=O) groups is 2. The summed E-state index contributed by atoms with van der Waals surface area (Å²) in [6.07, 6.45) is 1.50. The van der Waals surface area contributed by atoms with Crippen molar-refractivity contribution >= 4 is 29.0 Å². The molecule has 1 N–H and O–H groups in total. The van der Waals surface area contributed by atoms with E-state index in [9.17, 15) is 18.4 Å². The Hall–Kier alpha value is -2.93. The van der Waals surface area contributed by atoms with Crippen molar-refractivity contribution < 1.29 is 18.4 Å². The van der Waals surface area contributed by atoms with Crippen molar-refractivity contribution in [2.75, 3.05) is 26.2 Å². The Bertz CT molecular complexity index is 1270. The van der Waals surface area contributed by atoms with Crippen molar-refractivity contribution in [2.45, 2.75) is 18.3 Å².